The van der Waals surface area contributed by atoms with Gasteiger partial charge in [0.15, 0.2) is 0 Å². The van der Waals surface area contributed by atoms with Crippen molar-refractivity contribution in [2.75, 3.05) is 0 Å². The van der Waals surface area contributed by atoms with E-state index in [-0.39, 0.29) is 6.04 Å². The van der Waals surface area contributed by atoms with Crippen LogP contribution in [0.1, 0.15) is 17.7 Å². The standard InChI is InChI=1S/C13H16N2S/c14-12(5-4-11-6-8-16-10-11)9-13-3-1-2-7-15-13/h1-3,6-8,10,12H,4-5,9,14H2. The first-order valence-corrected chi connectivity index (χ1v) is 6.45. The smallest absolute Gasteiger partial charge is 0.0419 e. The summed E-state index contributed by atoms with van der Waals surface area (Å²) < 4.78 is 0. The zero-order valence-corrected chi connectivity index (χ0v) is 9.99. The minimum absolute atomic E-state index is 0.204. The number of aryl methyl sites for hydroxylation is 1. The Morgan fingerprint density at radius 2 is 2.25 bits per heavy atom. The molecule has 16 heavy (non-hydrogen) atoms. The maximum absolute atomic E-state index is 6.09. The number of pyridine rings is 1. The highest BCUT2D eigenvalue weighted by molar-refractivity contribution is 7.07. The van der Waals surface area contributed by atoms with Crippen LogP contribution in [0, 0.1) is 0 Å². The van der Waals surface area contributed by atoms with Crippen molar-refractivity contribution in [3.05, 3.63) is 52.5 Å². The van der Waals surface area contributed by atoms with Crippen molar-refractivity contribution >= 4 is 11.3 Å². The summed E-state index contributed by atoms with van der Waals surface area (Å²) in [5.74, 6) is 0. The molecular formula is C13H16N2S. The lowest BCUT2D eigenvalue weighted by Crippen LogP contribution is -2.23. The van der Waals surface area contributed by atoms with Gasteiger partial charge in [0.2, 0.25) is 0 Å². The second-order valence-electron chi connectivity index (χ2n) is 3.96. The summed E-state index contributed by atoms with van der Waals surface area (Å²) in [4.78, 5) is 4.29. The van der Waals surface area contributed by atoms with Gasteiger partial charge in [0.05, 0.1) is 0 Å². The highest BCUT2D eigenvalue weighted by Gasteiger charge is 2.05. The van der Waals surface area contributed by atoms with Crippen molar-refractivity contribution in [2.24, 2.45) is 5.73 Å². The normalized spacial score (nSPS) is 12.6. The molecule has 0 saturated heterocycles. The number of hydrogen-bond donors (Lipinski definition) is 1. The third kappa shape index (κ3) is 3.43. The van der Waals surface area contributed by atoms with Crippen molar-refractivity contribution in [2.45, 2.75) is 25.3 Å². The van der Waals surface area contributed by atoms with Crippen LogP contribution in [-0.2, 0) is 12.8 Å². The number of nitrogens with zero attached hydrogens (tertiary/aromatic N) is 1. The Balaban J connectivity index is 1.78. The average molecular weight is 232 g/mol. The fourth-order valence-electron chi connectivity index (χ4n) is 1.68. The van der Waals surface area contributed by atoms with E-state index in [9.17, 15) is 0 Å². The molecule has 0 aliphatic rings. The van der Waals surface area contributed by atoms with E-state index in [4.69, 9.17) is 5.73 Å². The zero-order chi connectivity index (χ0) is 11.2. The van der Waals surface area contributed by atoms with Crippen LogP contribution in [0.4, 0.5) is 0 Å². The summed E-state index contributed by atoms with van der Waals surface area (Å²) in [5.41, 5.74) is 8.56. The van der Waals surface area contributed by atoms with E-state index in [0.717, 1.165) is 25.0 Å². The van der Waals surface area contributed by atoms with Gasteiger partial charge in [-0.1, -0.05) is 6.07 Å². The number of rotatable bonds is 5. The largest absolute Gasteiger partial charge is 0.327 e. The maximum atomic E-state index is 6.09. The van der Waals surface area contributed by atoms with Crippen LogP contribution in [0.3, 0.4) is 0 Å². The summed E-state index contributed by atoms with van der Waals surface area (Å²) in [6, 6.07) is 8.34. The van der Waals surface area contributed by atoms with Crippen molar-refractivity contribution in [3.8, 4) is 0 Å². The van der Waals surface area contributed by atoms with Gasteiger partial charge in [-0.25, -0.2) is 0 Å². The van der Waals surface area contributed by atoms with E-state index < -0.39 is 0 Å². The number of aromatic nitrogens is 1. The van der Waals surface area contributed by atoms with E-state index >= 15 is 0 Å². The summed E-state index contributed by atoms with van der Waals surface area (Å²) in [7, 11) is 0. The molecule has 2 rings (SSSR count). The predicted octanol–water partition coefficient (Wildman–Crippen LogP) is 2.65. The van der Waals surface area contributed by atoms with Gasteiger partial charge in [0, 0.05) is 24.4 Å². The molecule has 0 fully saturated rings. The lowest BCUT2D eigenvalue weighted by atomic mass is 10.0. The van der Waals surface area contributed by atoms with Gasteiger partial charge in [-0.3, -0.25) is 4.98 Å². The molecule has 1 atom stereocenters. The molecule has 0 amide bonds. The molecule has 1 unspecified atom stereocenters. The Bertz CT molecular complexity index is 397. The number of hydrogen-bond acceptors (Lipinski definition) is 3. The Morgan fingerprint density at radius 3 is 2.94 bits per heavy atom. The van der Waals surface area contributed by atoms with Crippen molar-refractivity contribution in [3.63, 3.8) is 0 Å². The van der Waals surface area contributed by atoms with Gasteiger partial charge in [-0.15, -0.1) is 0 Å². The molecule has 0 aliphatic heterocycles. The molecule has 2 aromatic rings. The van der Waals surface area contributed by atoms with Crippen molar-refractivity contribution in [1.29, 1.82) is 0 Å². The lowest BCUT2D eigenvalue weighted by Gasteiger charge is -2.10. The summed E-state index contributed by atoms with van der Waals surface area (Å²) in [5, 5.41) is 4.30. The maximum Gasteiger partial charge on any atom is 0.0419 e. The van der Waals surface area contributed by atoms with E-state index in [0.29, 0.717) is 0 Å². The van der Waals surface area contributed by atoms with Crippen LogP contribution in [-0.4, -0.2) is 11.0 Å². The van der Waals surface area contributed by atoms with Crippen molar-refractivity contribution in [1.82, 2.24) is 4.98 Å². The third-order valence-corrected chi connectivity index (χ3v) is 3.31. The fraction of sp³-hybridized carbons (Fsp3) is 0.308. The second kappa shape index (κ2) is 5.77. The summed E-state index contributed by atoms with van der Waals surface area (Å²) in [6.45, 7) is 0. The van der Waals surface area contributed by atoms with E-state index in [1.165, 1.54) is 5.56 Å². The van der Waals surface area contributed by atoms with Crippen LogP contribution in [0.5, 0.6) is 0 Å². The zero-order valence-electron chi connectivity index (χ0n) is 9.17. The molecule has 2 heterocycles. The van der Waals surface area contributed by atoms with E-state index in [2.05, 4.69) is 21.8 Å². The molecule has 0 bridgehead atoms. The molecule has 3 heteroatoms. The van der Waals surface area contributed by atoms with Gasteiger partial charge in [0.25, 0.3) is 0 Å². The Hall–Kier alpha value is -1.19. The Morgan fingerprint density at radius 1 is 1.31 bits per heavy atom. The minimum Gasteiger partial charge on any atom is -0.327 e. The van der Waals surface area contributed by atoms with Gasteiger partial charge in [-0.2, -0.15) is 11.3 Å². The SMILES string of the molecule is NC(CCc1ccsc1)Cc1ccccn1. The first-order chi connectivity index (χ1) is 7.84. The van der Waals surface area contributed by atoms with Gasteiger partial charge >= 0.3 is 0 Å². The lowest BCUT2D eigenvalue weighted by molar-refractivity contribution is 0.603. The summed E-state index contributed by atoms with van der Waals surface area (Å²) >= 11 is 1.74. The van der Waals surface area contributed by atoms with Crippen LogP contribution in [0.2, 0.25) is 0 Å². The molecule has 0 aliphatic carbocycles. The van der Waals surface area contributed by atoms with Crippen molar-refractivity contribution < 1.29 is 0 Å². The minimum atomic E-state index is 0.204. The summed E-state index contributed by atoms with van der Waals surface area (Å²) in [6.07, 6.45) is 4.77. The third-order valence-electron chi connectivity index (χ3n) is 2.58. The van der Waals surface area contributed by atoms with Gasteiger partial charge in [-0.05, 0) is 47.4 Å². The molecule has 0 saturated carbocycles. The topological polar surface area (TPSA) is 38.9 Å². The molecule has 0 spiro atoms. The van der Waals surface area contributed by atoms with Crippen LogP contribution < -0.4 is 5.73 Å². The Labute approximate surface area is 100 Å². The highest BCUT2D eigenvalue weighted by atomic mass is 32.1. The molecule has 2 aromatic heterocycles. The van der Waals surface area contributed by atoms with E-state index in [1.807, 2.05) is 24.4 Å². The fourth-order valence-corrected chi connectivity index (χ4v) is 2.38. The number of thiophene rings is 1. The molecule has 0 radical (unpaired) electrons. The molecule has 84 valence electrons. The average Bonchev–Trinajstić information content (AvgIpc) is 2.81. The Kier molecular flexibility index (Phi) is 4.08. The number of nitrogens with two attached hydrogens (primary N) is 1. The molecule has 2 N–H and O–H groups in total. The first-order valence-electron chi connectivity index (χ1n) is 5.51. The predicted molar refractivity (Wildman–Crippen MR) is 68.6 cm³/mol. The van der Waals surface area contributed by atoms with E-state index in [1.54, 1.807) is 11.3 Å². The first kappa shape index (κ1) is 11.3. The molecule has 0 aromatic carbocycles. The van der Waals surface area contributed by atoms with Gasteiger partial charge < -0.3 is 5.73 Å². The van der Waals surface area contributed by atoms with Gasteiger partial charge in [0.1, 0.15) is 0 Å². The monoisotopic (exact) mass is 232 g/mol. The molecule has 2 nitrogen and oxygen atoms in total. The van der Waals surface area contributed by atoms with Crippen LogP contribution in [0.25, 0.3) is 0 Å². The second-order valence-corrected chi connectivity index (χ2v) is 4.74. The molecular weight excluding hydrogens is 216 g/mol. The van der Waals surface area contributed by atoms with Crippen LogP contribution in [0.15, 0.2) is 41.2 Å². The van der Waals surface area contributed by atoms with Crippen LogP contribution >= 0.6 is 11.3 Å². The highest BCUT2D eigenvalue weighted by Crippen LogP contribution is 2.10. The quantitative estimate of drug-likeness (QED) is 0.860.